The molecule has 2 aromatic carbocycles. The molecule has 0 bridgehead atoms. The first-order valence-electron chi connectivity index (χ1n) is 8.10. The molecule has 1 aliphatic heterocycles. The van der Waals surface area contributed by atoms with Crippen molar-refractivity contribution in [3.8, 4) is 11.4 Å². The molecule has 2 heterocycles. The van der Waals surface area contributed by atoms with Crippen LogP contribution in [0.3, 0.4) is 0 Å². The van der Waals surface area contributed by atoms with Gasteiger partial charge in [-0.3, -0.25) is 4.99 Å². The Morgan fingerprint density at radius 3 is 2.64 bits per heavy atom. The first kappa shape index (κ1) is 15.4. The summed E-state index contributed by atoms with van der Waals surface area (Å²) >= 11 is 0. The van der Waals surface area contributed by atoms with E-state index in [1.807, 2.05) is 13.1 Å². The molecule has 5 heteroatoms. The Kier molecular flexibility index (Phi) is 3.76. The number of nitrogens with zero attached hydrogens (tertiary/aromatic N) is 3. The highest BCUT2D eigenvalue weighted by atomic mass is 19.1. The average Bonchev–Trinajstić information content (AvgIpc) is 3.05. The number of fused-ring (bicyclic) bond motifs is 1. The van der Waals surface area contributed by atoms with E-state index in [1.54, 1.807) is 18.3 Å². The van der Waals surface area contributed by atoms with E-state index in [0.29, 0.717) is 5.82 Å². The predicted octanol–water partition coefficient (Wildman–Crippen LogP) is 4.58. The Morgan fingerprint density at radius 2 is 1.84 bits per heavy atom. The first-order chi connectivity index (χ1) is 12.1. The van der Waals surface area contributed by atoms with E-state index < -0.39 is 0 Å². The third-order valence-electron chi connectivity index (χ3n) is 4.31. The summed E-state index contributed by atoms with van der Waals surface area (Å²) in [4.78, 5) is 13.3. The van der Waals surface area contributed by atoms with Crippen LogP contribution in [0.25, 0.3) is 11.4 Å². The fourth-order valence-corrected chi connectivity index (χ4v) is 2.85. The van der Waals surface area contributed by atoms with Crippen LogP contribution in [0.4, 0.5) is 15.9 Å². The van der Waals surface area contributed by atoms with E-state index in [2.05, 4.69) is 39.3 Å². The van der Waals surface area contributed by atoms with Crippen molar-refractivity contribution in [2.75, 3.05) is 5.32 Å². The molecule has 0 radical (unpaired) electrons. The number of aryl methyl sites for hydroxylation is 2. The van der Waals surface area contributed by atoms with Crippen LogP contribution < -0.4 is 5.32 Å². The van der Waals surface area contributed by atoms with Gasteiger partial charge in [0.2, 0.25) is 0 Å². The number of hydrogen-bond acceptors (Lipinski definition) is 4. The van der Waals surface area contributed by atoms with Gasteiger partial charge >= 0.3 is 0 Å². The summed E-state index contributed by atoms with van der Waals surface area (Å²) in [6.45, 7) is 4.77. The molecule has 0 amide bonds. The monoisotopic (exact) mass is 332 g/mol. The number of halogens is 1. The number of benzene rings is 2. The third-order valence-corrected chi connectivity index (χ3v) is 4.31. The van der Waals surface area contributed by atoms with Crippen LogP contribution in [0.1, 0.15) is 22.3 Å². The molecule has 1 aromatic heterocycles. The van der Waals surface area contributed by atoms with Gasteiger partial charge in [0, 0.05) is 29.2 Å². The topological polar surface area (TPSA) is 50.2 Å². The Balaban J connectivity index is 1.70. The Morgan fingerprint density at radius 1 is 1.04 bits per heavy atom. The number of nitrogens with one attached hydrogen (secondary N) is 1. The van der Waals surface area contributed by atoms with Crippen LogP contribution in [0.15, 0.2) is 47.6 Å². The van der Waals surface area contributed by atoms with E-state index in [1.165, 1.54) is 17.7 Å². The maximum absolute atomic E-state index is 13.1. The van der Waals surface area contributed by atoms with Crippen LogP contribution in [0.2, 0.25) is 0 Å². The molecule has 0 unspecified atom stereocenters. The summed E-state index contributed by atoms with van der Waals surface area (Å²) in [6.07, 6.45) is 3.68. The quantitative estimate of drug-likeness (QED) is 0.764. The minimum Gasteiger partial charge on any atom is -0.340 e. The summed E-state index contributed by atoms with van der Waals surface area (Å²) in [6, 6.07) is 10.4. The van der Waals surface area contributed by atoms with Gasteiger partial charge in [-0.25, -0.2) is 14.4 Å². The molecule has 0 saturated heterocycles. The highest BCUT2D eigenvalue weighted by molar-refractivity contribution is 5.87. The first-order valence-corrected chi connectivity index (χ1v) is 8.10. The van der Waals surface area contributed by atoms with E-state index >= 15 is 0 Å². The van der Waals surface area contributed by atoms with E-state index in [4.69, 9.17) is 0 Å². The normalized spacial score (nSPS) is 12.3. The van der Waals surface area contributed by atoms with E-state index in [-0.39, 0.29) is 5.82 Å². The van der Waals surface area contributed by atoms with Gasteiger partial charge < -0.3 is 5.32 Å². The number of rotatable bonds is 3. The second-order valence-corrected chi connectivity index (χ2v) is 6.19. The van der Waals surface area contributed by atoms with Crippen molar-refractivity contribution in [3.63, 3.8) is 0 Å². The molecule has 0 saturated carbocycles. The van der Waals surface area contributed by atoms with Crippen molar-refractivity contribution in [1.29, 1.82) is 0 Å². The number of aliphatic imine (C=N–C) groups is 1. The van der Waals surface area contributed by atoms with Crippen molar-refractivity contribution in [3.05, 3.63) is 70.7 Å². The lowest BCUT2D eigenvalue weighted by molar-refractivity contribution is 0.628. The molecule has 1 N–H and O–H groups in total. The molecular formula is C20H17FN4. The van der Waals surface area contributed by atoms with Crippen molar-refractivity contribution in [1.82, 2.24) is 9.97 Å². The van der Waals surface area contributed by atoms with Crippen LogP contribution >= 0.6 is 0 Å². The zero-order chi connectivity index (χ0) is 17.4. The average molecular weight is 332 g/mol. The van der Waals surface area contributed by atoms with Gasteiger partial charge in [-0.05, 0) is 60.9 Å². The summed E-state index contributed by atoms with van der Waals surface area (Å²) in [5, 5.41) is 3.40. The summed E-state index contributed by atoms with van der Waals surface area (Å²) in [7, 11) is 0. The largest absolute Gasteiger partial charge is 0.340 e. The maximum Gasteiger partial charge on any atom is 0.161 e. The van der Waals surface area contributed by atoms with Crippen LogP contribution in [0, 0.1) is 19.7 Å². The van der Waals surface area contributed by atoms with E-state index in [0.717, 1.165) is 40.3 Å². The Labute approximate surface area is 145 Å². The zero-order valence-corrected chi connectivity index (χ0v) is 14.0. The van der Waals surface area contributed by atoms with Gasteiger partial charge in [0.05, 0.1) is 6.54 Å². The van der Waals surface area contributed by atoms with E-state index in [9.17, 15) is 4.39 Å². The van der Waals surface area contributed by atoms with Gasteiger partial charge in [-0.15, -0.1) is 0 Å². The lowest BCUT2D eigenvalue weighted by Gasteiger charge is -2.13. The van der Waals surface area contributed by atoms with Crippen molar-refractivity contribution >= 4 is 17.7 Å². The molecule has 4 nitrogen and oxygen atoms in total. The minimum atomic E-state index is -0.273. The lowest BCUT2D eigenvalue weighted by Crippen LogP contribution is -2.02. The second-order valence-electron chi connectivity index (χ2n) is 6.19. The van der Waals surface area contributed by atoms with Crippen molar-refractivity contribution in [2.45, 2.75) is 20.4 Å². The smallest absolute Gasteiger partial charge is 0.161 e. The SMILES string of the molecule is Cc1cc2c(cc1Nc1nc(-c3ccc(F)cc3)ncc1C)C=NC2. The van der Waals surface area contributed by atoms with Gasteiger partial charge in [-0.1, -0.05) is 6.07 Å². The van der Waals surface area contributed by atoms with Crippen LogP contribution in [-0.4, -0.2) is 16.2 Å². The molecule has 124 valence electrons. The van der Waals surface area contributed by atoms with Crippen LogP contribution in [-0.2, 0) is 6.54 Å². The van der Waals surface area contributed by atoms with Gasteiger partial charge in [0.25, 0.3) is 0 Å². The predicted molar refractivity (Wildman–Crippen MR) is 97.9 cm³/mol. The lowest BCUT2D eigenvalue weighted by atomic mass is 10.0. The number of anilines is 2. The van der Waals surface area contributed by atoms with Crippen LogP contribution in [0.5, 0.6) is 0 Å². The fourth-order valence-electron chi connectivity index (χ4n) is 2.85. The number of aromatic nitrogens is 2. The highest BCUT2D eigenvalue weighted by Gasteiger charge is 2.12. The van der Waals surface area contributed by atoms with Crippen molar-refractivity contribution in [2.24, 2.45) is 4.99 Å². The summed E-state index contributed by atoms with van der Waals surface area (Å²) in [5.41, 5.74) is 6.25. The molecule has 25 heavy (non-hydrogen) atoms. The standard InChI is InChI=1S/C20H17FN4/c1-12-7-15-10-22-11-16(15)8-18(12)24-19-13(2)9-23-20(25-19)14-3-5-17(21)6-4-14/h3-9,11H,10H2,1-2H3,(H,23,24,25). The summed E-state index contributed by atoms with van der Waals surface area (Å²) in [5.74, 6) is 1.03. The summed E-state index contributed by atoms with van der Waals surface area (Å²) < 4.78 is 13.1. The van der Waals surface area contributed by atoms with Crippen molar-refractivity contribution < 1.29 is 4.39 Å². The Bertz CT molecular complexity index is 978. The minimum absolute atomic E-state index is 0.273. The zero-order valence-electron chi connectivity index (χ0n) is 14.0. The highest BCUT2D eigenvalue weighted by Crippen LogP contribution is 2.28. The molecule has 1 aliphatic rings. The third kappa shape index (κ3) is 3.01. The number of hydrogen-bond donors (Lipinski definition) is 1. The molecule has 3 aromatic rings. The molecular weight excluding hydrogens is 315 g/mol. The van der Waals surface area contributed by atoms with Gasteiger partial charge in [-0.2, -0.15) is 0 Å². The second kappa shape index (κ2) is 6.09. The fraction of sp³-hybridized carbons (Fsp3) is 0.150. The van der Waals surface area contributed by atoms with Gasteiger partial charge in [0.1, 0.15) is 11.6 Å². The van der Waals surface area contributed by atoms with Gasteiger partial charge in [0.15, 0.2) is 5.82 Å². The molecule has 4 rings (SSSR count). The molecule has 0 atom stereocenters. The molecule has 0 aliphatic carbocycles. The molecule has 0 fully saturated rings. The molecule has 0 spiro atoms. The maximum atomic E-state index is 13.1. The Hall–Kier alpha value is -3.08.